The molecule has 0 aliphatic heterocycles. The Morgan fingerprint density at radius 3 is 2.88 bits per heavy atom. The zero-order valence-corrected chi connectivity index (χ0v) is 7.61. The van der Waals surface area contributed by atoms with E-state index in [4.69, 9.17) is 5.73 Å². The van der Waals surface area contributed by atoms with Crippen molar-refractivity contribution in [3.63, 3.8) is 0 Å². The first-order chi connectivity index (χ1) is 7.56. The molecule has 0 radical (unpaired) electrons. The van der Waals surface area contributed by atoms with Gasteiger partial charge in [-0.25, -0.2) is 9.59 Å². The largest absolute Gasteiger partial charge is 0.386 e. The van der Waals surface area contributed by atoms with E-state index >= 15 is 0 Å². The monoisotopic (exact) mass is 224 g/mol. The van der Waals surface area contributed by atoms with Crippen LogP contribution >= 0.6 is 0 Å². The molecule has 0 aliphatic rings. The molecule has 2 N–H and O–H groups in total. The van der Waals surface area contributed by atoms with E-state index in [-0.39, 0.29) is 5.84 Å². The molecule has 2 heterocycles. The first-order valence-electron chi connectivity index (χ1n) is 3.94. The molecule has 16 heavy (non-hydrogen) atoms. The third kappa shape index (κ3) is 1.73. The van der Waals surface area contributed by atoms with Crippen LogP contribution in [0.15, 0.2) is 30.9 Å². The van der Waals surface area contributed by atoms with Gasteiger partial charge in [-0.1, -0.05) is 9.79 Å². The Morgan fingerprint density at radius 2 is 2.19 bits per heavy atom. The van der Waals surface area contributed by atoms with E-state index in [0.717, 1.165) is 6.33 Å². The average molecular weight is 224 g/mol. The molecular weight excluding hydrogens is 220 g/mol. The molecule has 9 heteroatoms. The van der Waals surface area contributed by atoms with Gasteiger partial charge in [0.2, 0.25) is 0 Å². The summed E-state index contributed by atoms with van der Waals surface area (Å²) in [7, 11) is 0. The quantitative estimate of drug-likeness (QED) is 0.609. The second-order valence-corrected chi connectivity index (χ2v) is 2.65. The fourth-order valence-corrected chi connectivity index (χ4v) is 0.930. The Labute approximate surface area is 85.7 Å². The van der Waals surface area contributed by atoms with Gasteiger partial charge in [0.05, 0.1) is 0 Å². The number of carbonyl (C=O) groups is 1. The highest BCUT2D eigenvalue weighted by Crippen LogP contribution is 1.88. The summed E-state index contributed by atoms with van der Waals surface area (Å²) in [6, 6.07) is 0.620. The molecule has 0 saturated carbocycles. The summed E-state index contributed by atoms with van der Waals surface area (Å²) in [5.41, 5.74) is 2.12. The maximum atomic E-state index is 11.3. The number of nitrogens with two attached hydrogens (primary N) is 1. The van der Waals surface area contributed by atoms with Crippen LogP contribution in [0.25, 0.3) is 5.84 Å². The number of hydrogen-bond donors (Lipinski definition) is 1. The van der Waals surface area contributed by atoms with Crippen molar-refractivity contribution >= 4 is 11.8 Å². The number of nitrogens with zero attached hydrogens (tertiary/aromatic N) is 3. The van der Waals surface area contributed by atoms with Gasteiger partial charge in [0.1, 0.15) is 5.56 Å². The highest BCUT2D eigenvalue weighted by atomic mass is 16.5. The highest BCUT2D eigenvalue weighted by molar-refractivity contribution is 5.91. The average Bonchev–Trinajstić information content (AvgIpc) is 2.62. The Hall–Kier alpha value is -2.71. The summed E-state index contributed by atoms with van der Waals surface area (Å²) in [6.07, 6.45) is 1.02. The van der Waals surface area contributed by atoms with Crippen molar-refractivity contribution in [3.05, 3.63) is 38.8 Å². The fraction of sp³-hybridized carbons (Fsp3) is 0. The number of hydrogen-bond acceptors (Lipinski definition) is 7. The van der Waals surface area contributed by atoms with E-state index in [9.17, 15) is 14.4 Å². The van der Waals surface area contributed by atoms with Crippen LogP contribution in [-0.2, 0) is 0 Å². The maximum absolute atomic E-state index is 11.3. The smallest absolute Gasteiger partial charge is 0.359 e. The number of amides is 1. The minimum atomic E-state index is -1.12. The topological polar surface area (TPSA) is 134 Å². The van der Waals surface area contributed by atoms with Gasteiger partial charge < -0.3 is 14.7 Å². The summed E-state index contributed by atoms with van der Waals surface area (Å²) in [5, 5.41) is 3.46. The standard InChI is InChI=1S/C7H4N4O5/c8-5(13)3-1-4(12)16-11-2-9-7(10-11)15-6(3)14/h1-2H,(H2,8,13). The minimum absolute atomic E-state index is 0.355. The Bertz CT molecular complexity index is 694. The molecule has 0 aromatic carbocycles. The Balaban J connectivity index is 2.99. The number of aromatic nitrogens is 3. The van der Waals surface area contributed by atoms with E-state index in [1.165, 1.54) is 0 Å². The third-order valence-electron chi connectivity index (χ3n) is 1.57. The van der Waals surface area contributed by atoms with E-state index in [0.29, 0.717) is 10.8 Å². The molecule has 82 valence electrons. The van der Waals surface area contributed by atoms with Crippen LogP contribution in [0.3, 0.4) is 0 Å². The van der Waals surface area contributed by atoms with Gasteiger partial charge in [0.15, 0.2) is 6.33 Å². The molecule has 0 atom stereocenters. The lowest BCUT2D eigenvalue weighted by Gasteiger charge is -1.84. The summed E-state index contributed by atoms with van der Waals surface area (Å²) < 4.78 is 9.77. The van der Waals surface area contributed by atoms with Gasteiger partial charge in [-0.05, 0) is 0 Å². The molecule has 1 amide bonds. The molecule has 0 saturated heterocycles. The van der Waals surface area contributed by atoms with Crippen molar-refractivity contribution in [3.8, 4) is 0 Å². The van der Waals surface area contributed by atoms with Crippen molar-refractivity contribution in [2.75, 3.05) is 0 Å². The number of primary amides is 1. The van der Waals surface area contributed by atoms with Crippen LogP contribution in [0.4, 0.5) is 0 Å². The minimum Gasteiger partial charge on any atom is -0.386 e. The predicted octanol–water partition coefficient (Wildman–Crippen LogP) is -1.70. The molecular formula is C7H4N4O5. The summed E-state index contributed by atoms with van der Waals surface area (Å²) in [4.78, 5) is 36.8. The van der Waals surface area contributed by atoms with E-state index in [1.54, 1.807) is 0 Å². The Morgan fingerprint density at radius 1 is 1.44 bits per heavy atom. The molecule has 2 aromatic heterocycles. The lowest BCUT2D eigenvalue weighted by atomic mass is 10.3. The molecule has 2 rings (SSSR count). The summed E-state index contributed by atoms with van der Waals surface area (Å²) in [5.74, 6) is -1.47. The molecule has 2 aromatic rings. The normalized spacial score (nSPS) is 10.2. The zero-order valence-electron chi connectivity index (χ0n) is 7.61. The fourth-order valence-electron chi connectivity index (χ4n) is 0.930. The van der Waals surface area contributed by atoms with Crippen LogP contribution in [0.1, 0.15) is 10.4 Å². The number of rotatable bonds is 1. The molecule has 0 spiro atoms. The van der Waals surface area contributed by atoms with Crippen molar-refractivity contribution < 1.29 is 13.7 Å². The summed E-state index contributed by atoms with van der Waals surface area (Å²) in [6.45, 7) is 0. The van der Waals surface area contributed by atoms with Gasteiger partial charge in [0.25, 0.3) is 5.91 Å². The van der Waals surface area contributed by atoms with Crippen LogP contribution in [0.5, 0.6) is 0 Å². The highest BCUT2D eigenvalue weighted by Gasteiger charge is 2.08. The van der Waals surface area contributed by atoms with E-state index < -0.39 is 22.7 Å². The lowest BCUT2D eigenvalue weighted by Crippen LogP contribution is -2.21. The number of carbonyl (C=O) groups excluding carboxylic acids is 1. The summed E-state index contributed by atoms with van der Waals surface area (Å²) >= 11 is 0. The van der Waals surface area contributed by atoms with Gasteiger partial charge >= 0.3 is 17.1 Å². The zero-order chi connectivity index (χ0) is 11.7. The molecule has 9 nitrogen and oxygen atoms in total. The van der Waals surface area contributed by atoms with Crippen LogP contribution < -0.4 is 17.0 Å². The molecule has 0 aliphatic carbocycles. The second kappa shape index (κ2) is 3.46. The van der Waals surface area contributed by atoms with Crippen LogP contribution in [0, 0.1) is 0 Å². The lowest BCUT2D eigenvalue weighted by molar-refractivity contribution is 0.0996. The van der Waals surface area contributed by atoms with Gasteiger partial charge in [0, 0.05) is 6.07 Å². The van der Waals surface area contributed by atoms with Crippen molar-refractivity contribution in [1.29, 1.82) is 0 Å². The van der Waals surface area contributed by atoms with Gasteiger partial charge in [-0.2, -0.15) is 4.98 Å². The Kier molecular flexibility index (Phi) is 2.12. The van der Waals surface area contributed by atoms with E-state index in [1.807, 2.05) is 0 Å². The third-order valence-corrected chi connectivity index (χ3v) is 1.57. The predicted molar refractivity (Wildman–Crippen MR) is 47.4 cm³/mol. The SMILES string of the molecule is NC(=O)c1cc(=O)on2cnc(n2)oc1=O. The van der Waals surface area contributed by atoms with Crippen molar-refractivity contribution in [1.82, 2.24) is 14.8 Å². The molecule has 0 unspecified atom stereocenters. The van der Waals surface area contributed by atoms with E-state index in [2.05, 4.69) is 19.0 Å². The van der Waals surface area contributed by atoms with Crippen molar-refractivity contribution in [2.45, 2.75) is 0 Å². The van der Waals surface area contributed by atoms with Crippen LogP contribution in [-0.4, -0.2) is 20.7 Å². The van der Waals surface area contributed by atoms with Gasteiger partial charge in [-0.15, -0.1) is 0 Å². The van der Waals surface area contributed by atoms with Crippen molar-refractivity contribution in [2.24, 2.45) is 5.73 Å². The second-order valence-electron chi connectivity index (χ2n) is 2.65. The molecule has 0 fully saturated rings. The van der Waals surface area contributed by atoms with Gasteiger partial charge in [-0.3, -0.25) is 4.79 Å². The first kappa shape index (κ1) is 9.83. The first-order valence-corrected chi connectivity index (χ1v) is 3.94. The molecule has 2 bridgehead atoms. The number of fused-ring (bicyclic) bond motifs is 2. The van der Waals surface area contributed by atoms with Crippen LogP contribution in [0.2, 0.25) is 0 Å². The maximum Gasteiger partial charge on any atom is 0.359 e.